The summed E-state index contributed by atoms with van der Waals surface area (Å²) in [5, 5.41) is 14.4. The van der Waals surface area contributed by atoms with Crippen molar-refractivity contribution in [2.75, 3.05) is 52.5 Å². The van der Waals surface area contributed by atoms with E-state index in [9.17, 15) is 80.7 Å². The molecule has 12 rings (SSSR count). The number of aliphatic hydroxyl groups is 1. The summed E-state index contributed by atoms with van der Waals surface area (Å²) in [7, 11) is -6.18. The van der Waals surface area contributed by atoms with Crippen LogP contribution in [-0.2, 0) is 113 Å². The molecule has 0 fully saturated rings. The van der Waals surface area contributed by atoms with Crippen LogP contribution in [0.2, 0.25) is 40.2 Å². The van der Waals surface area contributed by atoms with Gasteiger partial charge >= 0.3 is 15.6 Å². The van der Waals surface area contributed by atoms with E-state index in [4.69, 9.17) is 104 Å². The van der Waals surface area contributed by atoms with Gasteiger partial charge in [0.15, 0.2) is 0 Å². The van der Waals surface area contributed by atoms with E-state index in [0.29, 0.717) is 135 Å². The van der Waals surface area contributed by atoms with Crippen LogP contribution in [0.25, 0.3) is 0 Å². The summed E-state index contributed by atoms with van der Waals surface area (Å²) in [5.41, 5.74) is 4.75. The predicted octanol–water partition coefficient (Wildman–Crippen LogP) is 20.0. The molecule has 35 heteroatoms. The zero-order chi connectivity index (χ0) is 87.1. The molecule has 4 aliphatic heterocycles. The van der Waals surface area contributed by atoms with Crippen LogP contribution in [0, 0.1) is 0 Å². The fourth-order valence-corrected chi connectivity index (χ4v) is 17.4. The number of halogens is 19. The molecule has 5 amide bonds. The number of aliphatic hydroxyl groups excluding tert-OH is 1. The molecule has 0 aliphatic carbocycles. The van der Waals surface area contributed by atoms with Gasteiger partial charge in [-0.3, -0.25) is 28.2 Å². The van der Waals surface area contributed by atoms with Crippen molar-refractivity contribution in [1.82, 2.24) is 24.9 Å². The van der Waals surface area contributed by atoms with Crippen molar-refractivity contribution in [1.29, 1.82) is 0 Å². The van der Waals surface area contributed by atoms with E-state index < -0.39 is 83.1 Å². The Morgan fingerprint density at radius 2 is 0.644 bits per heavy atom. The largest absolute Gasteiger partial charge is 0.523 e. The Balaban J connectivity index is 0.000000180. The standard InChI is InChI=1S/C22H22Cl2F2N2O2.C21H18Cl2F5NO4S.C20H20Cl2F2N2O.C20H19Cl2F2NO2/c1-13-15-5-3-6-18(22(25,26)12-27-14(2)29)16(15)9-10-28(13)21(30)11-17-19(23)7-4-8-20(17)24;1-12-13-4-2-5-16(20(24,25)11-33-34(31,32)21(26,27)28)14(13)8-9-29(12)19(30)10-15-17(22)6-3-7-18(15)23;1-12-13-4-2-5-16(20(23,24)11-25)14(13)8-9-26(12)19(27)10-15-17(21)6-3-7-18(15)22;1-12-13-4-2-5-16(20(23,24)11-26)14(13)8-9-25(12)19(27)10-15-17(21)6-3-7-18(15)22/h3-8,13H,9-12H2,1-2H3,(H,27,29);2-7,12H,8-11H2,1H3;2-7,12H,8-11,25H2,1H3;2-7,12,26H,8-11H2,1H3/t13-;3*12-/m0000/s1. The van der Waals surface area contributed by atoms with E-state index in [0.717, 1.165) is 11.6 Å². The summed E-state index contributed by atoms with van der Waals surface area (Å²) in [4.78, 5) is 69.2. The van der Waals surface area contributed by atoms with Gasteiger partial charge in [0.2, 0.25) is 29.5 Å². The molecule has 4 N–H and O–H groups in total. The van der Waals surface area contributed by atoms with Gasteiger partial charge in [-0.2, -0.15) is 56.7 Å². The van der Waals surface area contributed by atoms with Crippen molar-refractivity contribution in [2.45, 2.75) is 139 Å². The molecule has 0 spiro atoms. The number of hydrogen-bond acceptors (Lipinski definition) is 10. The van der Waals surface area contributed by atoms with Crippen LogP contribution in [0.1, 0.15) is 148 Å². The molecule has 4 heterocycles. The average molecular weight is 1830 g/mol. The maximum atomic E-state index is 14.8. The Labute approximate surface area is 714 Å². The molecule has 0 saturated heterocycles. The van der Waals surface area contributed by atoms with Crippen molar-refractivity contribution in [3.63, 3.8) is 0 Å². The minimum absolute atomic E-state index is 0.0283. The molecule has 0 radical (unpaired) electrons. The highest BCUT2D eigenvalue weighted by atomic mass is 35.5. The van der Waals surface area contributed by atoms with Crippen molar-refractivity contribution < 1.29 is 90.0 Å². The van der Waals surface area contributed by atoms with Crippen LogP contribution in [0.15, 0.2) is 146 Å². The first-order valence-corrected chi connectivity index (χ1v) is 41.1. The molecule has 0 saturated carbocycles. The van der Waals surface area contributed by atoms with Gasteiger partial charge in [-0.1, -0.05) is 190 Å². The molecule has 8 aromatic carbocycles. The highest BCUT2D eigenvalue weighted by molar-refractivity contribution is 7.87. The van der Waals surface area contributed by atoms with E-state index >= 15 is 0 Å². The lowest BCUT2D eigenvalue weighted by Crippen LogP contribution is -2.41. The second kappa shape index (κ2) is 39.1. The summed E-state index contributed by atoms with van der Waals surface area (Å²) in [6.45, 7) is 4.56. The van der Waals surface area contributed by atoms with Crippen LogP contribution in [0.5, 0.6) is 0 Å². The zero-order valence-corrected chi connectivity index (χ0v) is 70.5. The van der Waals surface area contributed by atoms with Crippen molar-refractivity contribution in [2.24, 2.45) is 5.73 Å². The fraction of sp³-hybridized carbons (Fsp3) is 0.361. The second-order valence-corrected chi connectivity index (χ2v) is 33.2. The minimum Gasteiger partial charge on any atom is -0.390 e. The van der Waals surface area contributed by atoms with Crippen LogP contribution >= 0.6 is 92.8 Å². The lowest BCUT2D eigenvalue weighted by atomic mass is 9.87. The van der Waals surface area contributed by atoms with Gasteiger partial charge in [0.25, 0.3) is 23.7 Å². The summed E-state index contributed by atoms with van der Waals surface area (Å²) in [6, 6.07) is 36.2. The zero-order valence-electron chi connectivity index (χ0n) is 63.6. The molecule has 118 heavy (non-hydrogen) atoms. The van der Waals surface area contributed by atoms with Gasteiger partial charge in [-0.25, -0.2) is 0 Å². The van der Waals surface area contributed by atoms with Gasteiger partial charge < -0.3 is 35.8 Å². The van der Waals surface area contributed by atoms with Gasteiger partial charge in [-0.15, -0.1) is 0 Å². The van der Waals surface area contributed by atoms with E-state index in [1.54, 1.807) is 125 Å². The van der Waals surface area contributed by atoms with E-state index in [-0.39, 0.29) is 103 Å². The number of hydrogen-bond donors (Lipinski definition) is 3. The molecule has 0 unspecified atom stereocenters. The predicted molar refractivity (Wildman–Crippen MR) is 433 cm³/mol. The number of carbonyl (C=O) groups is 5. The number of nitrogens with one attached hydrogen (secondary N) is 1. The topological polar surface area (TPSA) is 200 Å². The Morgan fingerprint density at radius 3 is 0.881 bits per heavy atom. The number of carbonyl (C=O) groups excluding carboxylic acids is 5. The fourth-order valence-electron chi connectivity index (χ4n) is 14.8. The number of rotatable bonds is 19. The van der Waals surface area contributed by atoms with E-state index in [1.807, 2.05) is 20.8 Å². The van der Waals surface area contributed by atoms with E-state index in [1.165, 1.54) is 48.2 Å². The average Bonchev–Trinajstić information content (AvgIpc) is 0.776. The van der Waals surface area contributed by atoms with Gasteiger partial charge in [0.05, 0.1) is 62.9 Å². The lowest BCUT2D eigenvalue weighted by molar-refractivity contribution is -0.133. The Bertz CT molecular complexity index is 4970. The monoisotopic (exact) mass is 1820 g/mol. The van der Waals surface area contributed by atoms with E-state index in [2.05, 4.69) is 9.50 Å². The smallest absolute Gasteiger partial charge is 0.390 e. The van der Waals surface area contributed by atoms with Crippen LogP contribution in [0.4, 0.5) is 48.3 Å². The Morgan fingerprint density at radius 1 is 0.407 bits per heavy atom. The molecule has 15 nitrogen and oxygen atoms in total. The SMILES string of the molecule is CC(=O)NCC(F)(F)c1cccc2c1CCN(C(=O)Cc1c(Cl)cccc1Cl)[C@H]2C.C[C@H]1c2cccc(C(F)(F)CN)c2CCN1C(=O)Cc1c(Cl)cccc1Cl.C[C@H]1c2cccc(C(F)(F)CO)c2CCN1C(=O)Cc1c(Cl)cccc1Cl.C[C@H]1c2cccc(C(F)(F)COS(=O)(=O)C(F)(F)F)c2CCN1C(=O)Cc1c(Cl)cccc1Cl. The minimum atomic E-state index is -6.18. The number of nitrogens with zero attached hydrogens (tertiary/aromatic N) is 4. The summed E-state index contributed by atoms with van der Waals surface area (Å²) >= 11 is 49.3. The van der Waals surface area contributed by atoms with Gasteiger partial charge in [0.1, 0.15) is 13.2 Å². The highest BCUT2D eigenvalue weighted by Gasteiger charge is 2.50. The first-order chi connectivity index (χ1) is 55.3. The van der Waals surface area contributed by atoms with Crippen LogP contribution in [0.3, 0.4) is 0 Å². The number of benzene rings is 8. The summed E-state index contributed by atoms with van der Waals surface area (Å²) in [6.07, 6.45) is 0.961. The summed E-state index contributed by atoms with van der Waals surface area (Å²) < 4.78 is 179. The first-order valence-electron chi connectivity index (χ1n) is 36.7. The molecular weight excluding hydrogens is 1750 g/mol. The molecule has 0 bridgehead atoms. The Kier molecular flexibility index (Phi) is 31.3. The number of fused-ring (bicyclic) bond motifs is 4. The first kappa shape index (κ1) is 94.3. The highest BCUT2D eigenvalue weighted by Crippen LogP contribution is 2.45. The molecule has 4 aliphatic rings. The quantitative estimate of drug-likeness (QED) is 0.0397. The lowest BCUT2D eigenvalue weighted by Gasteiger charge is -2.37. The molecular formula is C83H79Cl8F11N6O9S. The van der Waals surface area contributed by atoms with Gasteiger partial charge in [-0.05, 0) is 169 Å². The van der Waals surface area contributed by atoms with Crippen molar-refractivity contribution >= 4 is 132 Å². The maximum Gasteiger partial charge on any atom is 0.523 e. The molecule has 634 valence electrons. The molecule has 4 atom stereocenters. The second-order valence-electron chi connectivity index (χ2n) is 28.3. The molecule has 0 aromatic heterocycles. The number of nitrogens with two attached hydrogens (primary N) is 1. The maximum absolute atomic E-state index is 14.8. The third-order valence-corrected chi connectivity index (χ3v) is 24.9. The van der Waals surface area contributed by atoms with Crippen molar-refractivity contribution in [3.05, 3.63) is 275 Å². The number of amides is 5. The normalized spacial score (nSPS) is 16.8. The number of alkyl halides is 11. The third-order valence-electron chi connectivity index (χ3n) is 21.0. The Hall–Kier alpha value is -7.51. The molecule has 8 aromatic rings. The summed E-state index contributed by atoms with van der Waals surface area (Å²) in [5.74, 6) is -14.9. The van der Waals surface area contributed by atoms with Gasteiger partial charge in [0, 0.05) is 95.5 Å². The van der Waals surface area contributed by atoms with Crippen molar-refractivity contribution in [3.8, 4) is 0 Å². The third kappa shape index (κ3) is 21.7. The van der Waals surface area contributed by atoms with Crippen LogP contribution < -0.4 is 11.1 Å². The van der Waals surface area contributed by atoms with Crippen LogP contribution in [-0.4, -0.2) is 121 Å².